The maximum atomic E-state index is 12.1. The molecule has 0 amide bonds. The third-order valence-electron chi connectivity index (χ3n) is 3.86. The molecule has 0 bridgehead atoms. The van der Waals surface area contributed by atoms with Crippen LogP contribution in [0.5, 0.6) is 0 Å². The molecule has 110 valence electrons. The van der Waals surface area contributed by atoms with E-state index in [1.165, 1.54) is 0 Å². The van der Waals surface area contributed by atoms with E-state index < -0.39 is 6.04 Å². The molecule has 0 aromatic heterocycles. The Balaban J connectivity index is 2.01. The summed E-state index contributed by atoms with van der Waals surface area (Å²) < 4.78 is 5.14. The van der Waals surface area contributed by atoms with E-state index in [2.05, 4.69) is 5.32 Å². The van der Waals surface area contributed by atoms with Gasteiger partial charge in [0.2, 0.25) is 0 Å². The van der Waals surface area contributed by atoms with Gasteiger partial charge in [0.15, 0.2) is 0 Å². The number of aliphatic hydroxyl groups excluding tert-OH is 1. The first-order valence-electron chi connectivity index (χ1n) is 7.35. The summed E-state index contributed by atoms with van der Waals surface area (Å²) in [6.45, 7) is 2.82. The van der Waals surface area contributed by atoms with Crippen molar-refractivity contribution in [2.75, 3.05) is 13.2 Å². The maximum absolute atomic E-state index is 12.1. The van der Waals surface area contributed by atoms with Crippen LogP contribution in [0, 0.1) is 5.92 Å². The fourth-order valence-electron chi connectivity index (χ4n) is 2.73. The van der Waals surface area contributed by atoms with Gasteiger partial charge < -0.3 is 15.2 Å². The Morgan fingerprint density at radius 3 is 2.75 bits per heavy atom. The molecule has 0 radical (unpaired) electrons. The third-order valence-corrected chi connectivity index (χ3v) is 3.86. The van der Waals surface area contributed by atoms with Crippen molar-refractivity contribution in [3.05, 3.63) is 35.9 Å². The molecule has 4 nitrogen and oxygen atoms in total. The van der Waals surface area contributed by atoms with Crippen LogP contribution in [0.1, 0.15) is 37.8 Å². The Kier molecular flexibility index (Phi) is 5.56. The Labute approximate surface area is 120 Å². The van der Waals surface area contributed by atoms with Crippen LogP contribution in [-0.4, -0.2) is 30.3 Å². The zero-order chi connectivity index (χ0) is 14.4. The fraction of sp³-hybridized carbons (Fsp3) is 0.562. The summed E-state index contributed by atoms with van der Waals surface area (Å²) >= 11 is 0. The number of esters is 1. The van der Waals surface area contributed by atoms with Gasteiger partial charge in [-0.15, -0.1) is 0 Å². The highest BCUT2D eigenvalue weighted by Gasteiger charge is 2.28. The van der Waals surface area contributed by atoms with E-state index in [0.717, 1.165) is 24.8 Å². The fourth-order valence-corrected chi connectivity index (χ4v) is 2.73. The molecule has 0 saturated heterocycles. The zero-order valence-electron chi connectivity index (χ0n) is 11.9. The topological polar surface area (TPSA) is 58.6 Å². The number of hydrogen-bond donors (Lipinski definition) is 2. The first-order valence-corrected chi connectivity index (χ1v) is 7.35. The van der Waals surface area contributed by atoms with E-state index in [1.807, 2.05) is 30.3 Å². The van der Waals surface area contributed by atoms with Gasteiger partial charge in [0, 0.05) is 6.54 Å². The molecule has 0 spiro atoms. The quantitative estimate of drug-likeness (QED) is 0.781. The van der Waals surface area contributed by atoms with E-state index in [0.29, 0.717) is 13.2 Å². The zero-order valence-corrected chi connectivity index (χ0v) is 11.9. The van der Waals surface area contributed by atoms with Gasteiger partial charge in [-0.1, -0.05) is 36.8 Å². The average Bonchev–Trinajstić information content (AvgIpc) is 2.86. The number of carbonyl (C=O) groups excluding carboxylic acids is 1. The summed E-state index contributed by atoms with van der Waals surface area (Å²) in [5, 5.41) is 13.1. The normalized spacial score (nSPS) is 23.5. The second-order valence-corrected chi connectivity index (χ2v) is 5.26. The Hall–Kier alpha value is -1.39. The minimum atomic E-state index is -0.455. The third kappa shape index (κ3) is 3.81. The number of nitrogens with one attached hydrogen (secondary N) is 1. The number of rotatable bonds is 6. The molecule has 1 fully saturated rings. The van der Waals surface area contributed by atoms with Gasteiger partial charge in [-0.25, -0.2) is 4.79 Å². The highest BCUT2D eigenvalue weighted by Crippen LogP contribution is 2.25. The summed E-state index contributed by atoms with van der Waals surface area (Å²) in [6.07, 6.45) is 2.68. The lowest BCUT2D eigenvalue weighted by atomic mass is 10.0. The van der Waals surface area contributed by atoms with Crippen LogP contribution >= 0.6 is 0 Å². The van der Waals surface area contributed by atoms with Crippen LogP contribution in [0.2, 0.25) is 0 Å². The molecule has 0 aliphatic heterocycles. The average molecular weight is 277 g/mol. The Morgan fingerprint density at radius 2 is 2.15 bits per heavy atom. The van der Waals surface area contributed by atoms with Gasteiger partial charge in [0.05, 0.1) is 12.7 Å². The minimum absolute atomic E-state index is 0.232. The monoisotopic (exact) mass is 277 g/mol. The van der Waals surface area contributed by atoms with Gasteiger partial charge >= 0.3 is 5.97 Å². The predicted octanol–water partition coefficient (Wildman–Crippen LogP) is 2.04. The predicted molar refractivity (Wildman–Crippen MR) is 77.2 cm³/mol. The van der Waals surface area contributed by atoms with Crippen molar-refractivity contribution in [1.82, 2.24) is 5.32 Å². The molecule has 3 atom stereocenters. The number of aliphatic hydroxyl groups is 1. The van der Waals surface area contributed by atoms with Crippen LogP contribution in [0.3, 0.4) is 0 Å². The van der Waals surface area contributed by atoms with Gasteiger partial charge in [-0.3, -0.25) is 0 Å². The van der Waals surface area contributed by atoms with Crippen molar-refractivity contribution >= 4 is 5.97 Å². The first kappa shape index (κ1) is 15.0. The lowest BCUT2D eigenvalue weighted by Gasteiger charge is -2.21. The highest BCUT2D eigenvalue weighted by atomic mass is 16.5. The van der Waals surface area contributed by atoms with Crippen LogP contribution in [0.4, 0.5) is 0 Å². The largest absolute Gasteiger partial charge is 0.465 e. The van der Waals surface area contributed by atoms with Crippen molar-refractivity contribution < 1.29 is 14.6 Å². The van der Waals surface area contributed by atoms with Crippen LogP contribution in [-0.2, 0) is 9.53 Å². The van der Waals surface area contributed by atoms with Gasteiger partial charge in [-0.05, 0) is 31.2 Å². The minimum Gasteiger partial charge on any atom is -0.465 e. The van der Waals surface area contributed by atoms with E-state index in [-0.39, 0.29) is 18.0 Å². The number of hydrogen-bond acceptors (Lipinski definition) is 4. The summed E-state index contributed by atoms with van der Waals surface area (Å²) in [7, 11) is 0. The molecule has 1 aromatic carbocycles. The van der Waals surface area contributed by atoms with Gasteiger partial charge in [0.25, 0.3) is 0 Å². The first-order chi connectivity index (χ1) is 9.72. The molecule has 2 rings (SSSR count). The number of carbonyl (C=O) groups is 1. The molecule has 1 aromatic rings. The van der Waals surface area contributed by atoms with Crippen LogP contribution in [0.25, 0.3) is 0 Å². The van der Waals surface area contributed by atoms with E-state index >= 15 is 0 Å². The van der Waals surface area contributed by atoms with Crippen molar-refractivity contribution in [3.63, 3.8) is 0 Å². The Morgan fingerprint density at radius 1 is 1.40 bits per heavy atom. The SMILES string of the molecule is CCOC(=O)C(NCC1CCCC1O)c1ccccc1. The van der Waals surface area contributed by atoms with Crippen molar-refractivity contribution in [2.45, 2.75) is 38.3 Å². The van der Waals surface area contributed by atoms with E-state index in [1.54, 1.807) is 6.92 Å². The molecule has 0 heterocycles. The molecule has 3 unspecified atom stereocenters. The van der Waals surface area contributed by atoms with Crippen LogP contribution < -0.4 is 5.32 Å². The second-order valence-electron chi connectivity index (χ2n) is 5.26. The molecular formula is C16H23NO3. The second kappa shape index (κ2) is 7.41. The maximum Gasteiger partial charge on any atom is 0.327 e. The van der Waals surface area contributed by atoms with E-state index in [4.69, 9.17) is 4.74 Å². The van der Waals surface area contributed by atoms with Crippen molar-refractivity contribution in [3.8, 4) is 0 Å². The highest BCUT2D eigenvalue weighted by molar-refractivity contribution is 5.77. The molecule has 4 heteroatoms. The lowest BCUT2D eigenvalue weighted by molar-refractivity contribution is -0.146. The number of benzene rings is 1. The van der Waals surface area contributed by atoms with Crippen LogP contribution in [0.15, 0.2) is 30.3 Å². The summed E-state index contributed by atoms with van der Waals surface area (Å²) in [5.74, 6) is -0.0261. The van der Waals surface area contributed by atoms with Crippen molar-refractivity contribution in [1.29, 1.82) is 0 Å². The lowest BCUT2D eigenvalue weighted by Crippen LogP contribution is -2.35. The number of ether oxygens (including phenoxy) is 1. The molecule has 20 heavy (non-hydrogen) atoms. The summed E-state index contributed by atoms with van der Waals surface area (Å²) in [5.41, 5.74) is 0.901. The van der Waals surface area contributed by atoms with Gasteiger partial charge in [0.1, 0.15) is 6.04 Å². The molecule has 1 saturated carbocycles. The standard InChI is InChI=1S/C16H23NO3/c1-2-20-16(19)15(12-7-4-3-5-8-12)17-11-13-9-6-10-14(13)18/h3-5,7-8,13-15,17-18H,2,6,9-11H2,1H3. The molecule has 1 aliphatic rings. The molecule has 2 N–H and O–H groups in total. The molecule has 1 aliphatic carbocycles. The smallest absolute Gasteiger partial charge is 0.327 e. The van der Waals surface area contributed by atoms with E-state index in [9.17, 15) is 9.90 Å². The molecular weight excluding hydrogens is 254 g/mol. The van der Waals surface area contributed by atoms with Crippen molar-refractivity contribution in [2.24, 2.45) is 5.92 Å². The summed E-state index contributed by atoms with van der Waals surface area (Å²) in [6, 6.07) is 9.12. The van der Waals surface area contributed by atoms with Gasteiger partial charge in [-0.2, -0.15) is 0 Å². The Bertz CT molecular complexity index is 421. The summed E-state index contributed by atoms with van der Waals surface area (Å²) in [4.78, 5) is 12.1.